The summed E-state index contributed by atoms with van der Waals surface area (Å²) in [4.78, 5) is 23.6. The topological polar surface area (TPSA) is 87.6 Å². The molecule has 0 aromatic carbocycles. The Morgan fingerprint density at radius 1 is 1.36 bits per heavy atom. The second-order valence-corrected chi connectivity index (χ2v) is 10.3. The molecule has 0 bridgehead atoms. The molecule has 0 fully saturated rings. The summed E-state index contributed by atoms with van der Waals surface area (Å²) in [5, 5.41) is 13.2. The molecule has 3 rings (SSSR count). The fourth-order valence-electron chi connectivity index (χ4n) is 4.61. The van der Waals surface area contributed by atoms with Crippen LogP contribution in [0.25, 0.3) is 0 Å². The van der Waals surface area contributed by atoms with Crippen LogP contribution < -0.4 is 5.32 Å². The molecule has 7 nitrogen and oxygen atoms in total. The quantitative estimate of drug-likeness (QED) is 0.653. The van der Waals surface area contributed by atoms with Gasteiger partial charge in [0.05, 0.1) is 35.9 Å². The third-order valence-electron chi connectivity index (χ3n) is 5.94. The molecule has 0 spiro atoms. The standard InChI is InChI=1S/C23H33B2FN4O3/c1-5-6-8-22(14-31)16-10-15(29-18-7-9-27-13-17(18)26)12-28-19(16)11-23(24,25)30(22)20(32)33-21(2,3)4/h7,9-10,12-13,31H,5-6,8,11,14,24-25H2,1-4H3,(H,27,29). The lowest BCUT2D eigenvalue weighted by atomic mass is 9.53. The van der Waals surface area contributed by atoms with E-state index in [1.54, 1.807) is 17.2 Å². The molecule has 0 saturated carbocycles. The molecule has 1 unspecified atom stereocenters. The Labute approximate surface area is 197 Å². The van der Waals surface area contributed by atoms with Crippen molar-refractivity contribution in [3.05, 3.63) is 47.8 Å². The number of pyridine rings is 2. The largest absolute Gasteiger partial charge is 0.444 e. The molecule has 176 valence electrons. The van der Waals surface area contributed by atoms with Gasteiger partial charge in [0.2, 0.25) is 0 Å². The van der Waals surface area contributed by atoms with Gasteiger partial charge in [0, 0.05) is 17.5 Å². The van der Waals surface area contributed by atoms with Crippen LogP contribution in [0.15, 0.2) is 30.7 Å². The number of hydrogen-bond acceptors (Lipinski definition) is 6. The third kappa shape index (κ3) is 5.16. The van der Waals surface area contributed by atoms with Gasteiger partial charge in [-0.2, -0.15) is 0 Å². The minimum absolute atomic E-state index is 0.273. The van der Waals surface area contributed by atoms with Gasteiger partial charge in [0.25, 0.3) is 0 Å². The minimum Gasteiger partial charge on any atom is -0.444 e. The van der Waals surface area contributed by atoms with Crippen LogP contribution in [-0.2, 0) is 16.7 Å². The van der Waals surface area contributed by atoms with E-state index in [0.717, 1.165) is 30.3 Å². The lowest BCUT2D eigenvalue weighted by Gasteiger charge is -2.55. The Kier molecular flexibility index (Phi) is 7.07. The van der Waals surface area contributed by atoms with E-state index in [0.29, 0.717) is 18.5 Å². The highest BCUT2D eigenvalue weighted by Crippen LogP contribution is 2.45. The fraction of sp³-hybridized carbons (Fsp3) is 0.522. The van der Waals surface area contributed by atoms with Crippen LogP contribution >= 0.6 is 0 Å². The van der Waals surface area contributed by atoms with Gasteiger partial charge in [-0.05, 0) is 51.1 Å². The fourth-order valence-corrected chi connectivity index (χ4v) is 4.61. The zero-order valence-electron chi connectivity index (χ0n) is 20.4. The van der Waals surface area contributed by atoms with E-state index in [2.05, 4.69) is 22.2 Å². The van der Waals surface area contributed by atoms with Gasteiger partial charge in [-0.3, -0.25) is 9.97 Å². The summed E-state index contributed by atoms with van der Waals surface area (Å²) in [6.07, 6.45) is 6.56. The summed E-state index contributed by atoms with van der Waals surface area (Å²) in [5.41, 5.74) is 0.706. The van der Waals surface area contributed by atoms with Gasteiger partial charge < -0.3 is 20.1 Å². The molecule has 1 aliphatic rings. The first-order valence-corrected chi connectivity index (χ1v) is 11.4. The van der Waals surface area contributed by atoms with Gasteiger partial charge in [0.1, 0.15) is 21.3 Å². The molecule has 3 heterocycles. The number of aliphatic hydroxyl groups is 1. The number of halogens is 1. The predicted octanol–water partition coefficient (Wildman–Crippen LogP) is 2.45. The Morgan fingerprint density at radius 3 is 2.70 bits per heavy atom. The molecule has 1 atom stereocenters. The van der Waals surface area contributed by atoms with E-state index >= 15 is 0 Å². The number of hydrogen-bond donors (Lipinski definition) is 2. The van der Waals surface area contributed by atoms with Gasteiger partial charge in [-0.15, -0.1) is 0 Å². The second kappa shape index (κ2) is 9.33. The lowest BCUT2D eigenvalue weighted by Crippen LogP contribution is -2.68. The van der Waals surface area contributed by atoms with Crippen molar-refractivity contribution >= 4 is 33.2 Å². The van der Waals surface area contributed by atoms with Crippen molar-refractivity contribution in [3.63, 3.8) is 0 Å². The highest BCUT2D eigenvalue weighted by Gasteiger charge is 2.53. The number of nitrogens with zero attached hydrogens (tertiary/aromatic N) is 3. The van der Waals surface area contributed by atoms with E-state index in [9.17, 15) is 14.3 Å². The zero-order chi connectivity index (χ0) is 24.4. The third-order valence-corrected chi connectivity index (χ3v) is 5.94. The second-order valence-electron chi connectivity index (χ2n) is 10.3. The first kappa shape index (κ1) is 25.0. The van der Waals surface area contributed by atoms with Gasteiger partial charge in [-0.1, -0.05) is 19.8 Å². The van der Waals surface area contributed by atoms with Crippen molar-refractivity contribution in [2.24, 2.45) is 0 Å². The monoisotopic (exact) mass is 454 g/mol. The zero-order valence-corrected chi connectivity index (χ0v) is 20.4. The average Bonchev–Trinajstić information content (AvgIpc) is 2.71. The number of rotatable bonds is 6. The number of carbonyl (C=O) groups is 1. The summed E-state index contributed by atoms with van der Waals surface area (Å²) in [7, 11) is 3.94. The van der Waals surface area contributed by atoms with Crippen LogP contribution in [0.1, 0.15) is 58.2 Å². The number of ether oxygens (including phenoxy) is 1. The Bertz CT molecular complexity index is 1020. The summed E-state index contributed by atoms with van der Waals surface area (Å²) >= 11 is 0. The first-order valence-electron chi connectivity index (χ1n) is 11.4. The van der Waals surface area contributed by atoms with Crippen molar-refractivity contribution < 1.29 is 19.0 Å². The molecule has 0 radical (unpaired) electrons. The Hall–Kier alpha value is -2.61. The summed E-state index contributed by atoms with van der Waals surface area (Å²) in [5.74, 6) is -0.480. The number of fused-ring (bicyclic) bond motifs is 1. The van der Waals surface area contributed by atoms with Crippen molar-refractivity contribution in [2.45, 2.75) is 69.9 Å². The highest BCUT2D eigenvalue weighted by molar-refractivity contribution is 6.41. The Morgan fingerprint density at radius 2 is 2.09 bits per heavy atom. The van der Waals surface area contributed by atoms with Crippen LogP contribution in [0.3, 0.4) is 0 Å². The average molecular weight is 454 g/mol. The number of aliphatic hydroxyl groups excluding tert-OH is 1. The van der Waals surface area contributed by atoms with Crippen LogP contribution in [0.2, 0.25) is 0 Å². The first-order chi connectivity index (χ1) is 15.4. The van der Waals surface area contributed by atoms with Crippen LogP contribution in [-0.4, -0.2) is 59.3 Å². The number of carbonyl (C=O) groups excluding carboxylic acids is 1. The van der Waals surface area contributed by atoms with E-state index in [1.807, 2.05) is 42.5 Å². The van der Waals surface area contributed by atoms with Gasteiger partial charge in [0.15, 0.2) is 5.82 Å². The van der Waals surface area contributed by atoms with Crippen molar-refractivity contribution in [1.82, 2.24) is 14.9 Å². The van der Waals surface area contributed by atoms with Crippen LogP contribution in [0, 0.1) is 5.82 Å². The maximum Gasteiger partial charge on any atom is 0.410 e. The summed E-state index contributed by atoms with van der Waals surface area (Å²) in [6, 6.07) is 3.40. The van der Waals surface area contributed by atoms with Crippen molar-refractivity contribution in [2.75, 3.05) is 11.9 Å². The highest BCUT2D eigenvalue weighted by atomic mass is 19.1. The Balaban J connectivity index is 2.14. The van der Waals surface area contributed by atoms with Gasteiger partial charge >= 0.3 is 6.09 Å². The molecule has 1 aliphatic heterocycles. The molecule has 10 heteroatoms. The molecule has 1 amide bonds. The molecule has 0 aliphatic carbocycles. The van der Waals surface area contributed by atoms with E-state index in [1.165, 1.54) is 6.20 Å². The predicted molar refractivity (Wildman–Crippen MR) is 132 cm³/mol. The van der Waals surface area contributed by atoms with Crippen molar-refractivity contribution in [3.8, 4) is 0 Å². The molecular weight excluding hydrogens is 421 g/mol. The maximum atomic E-state index is 14.2. The molecule has 33 heavy (non-hydrogen) atoms. The summed E-state index contributed by atoms with van der Waals surface area (Å²) in [6.45, 7) is 7.28. The van der Waals surface area contributed by atoms with Crippen LogP contribution in [0.4, 0.5) is 20.6 Å². The number of anilines is 2. The lowest BCUT2D eigenvalue weighted by molar-refractivity contribution is -0.0438. The normalized spacial score (nSPS) is 19.6. The molecule has 0 saturated heterocycles. The smallest absolute Gasteiger partial charge is 0.410 e. The van der Waals surface area contributed by atoms with E-state index in [-0.39, 0.29) is 12.3 Å². The van der Waals surface area contributed by atoms with Gasteiger partial charge in [-0.25, -0.2) is 9.18 Å². The number of unbranched alkanes of at least 4 members (excludes halogenated alkanes) is 1. The maximum absolute atomic E-state index is 14.2. The molecular formula is C23H33B2FN4O3. The molecule has 2 aromatic heterocycles. The van der Waals surface area contributed by atoms with E-state index < -0.39 is 28.4 Å². The minimum atomic E-state index is -1.02. The van der Waals surface area contributed by atoms with E-state index in [4.69, 9.17) is 4.74 Å². The molecule has 2 aromatic rings. The van der Waals surface area contributed by atoms with Crippen LogP contribution in [0.5, 0.6) is 0 Å². The number of amides is 1. The molecule has 2 N–H and O–H groups in total. The van der Waals surface area contributed by atoms with Crippen molar-refractivity contribution in [1.29, 1.82) is 0 Å². The number of aromatic nitrogens is 2. The SMILES string of the molecule is BC1(B)Cc2ncc(Nc3ccncc3F)cc2C(CO)(CCCC)N1C(=O)OC(C)(C)C. The number of nitrogens with one attached hydrogen (secondary N) is 1. The summed E-state index contributed by atoms with van der Waals surface area (Å²) < 4.78 is 20.0.